The van der Waals surface area contributed by atoms with Crippen molar-refractivity contribution in [3.63, 3.8) is 0 Å². The molecule has 4 heteroatoms. The molecule has 0 saturated carbocycles. The van der Waals surface area contributed by atoms with Crippen molar-refractivity contribution in [2.45, 2.75) is 13.5 Å². The topological polar surface area (TPSA) is 37.8 Å². The van der Waals surface area contributed by atoms with Gasteiger partial charge in [-0.25, -0.2) is 0 Å². The lowest BCUT2D eigenvalue weighted by molar-refractivity contribution is 1.10. The van der Waals surface area contributed by atoms with E-state index >= 15 is 0 Å². The summed E-state index contributed by atoms with van der Waals surface area (Å²) in [6.07, 6.45) is 7.28. The summed E-state index contributed by atoms with van der Waals surface area (Å²) in [6, 6.07) is 4.11. The van der Waals surface area contributed by atoms with Crippen molar-refractivity contribution in [2.75, 3.05) is 5.32 Å². The molecule has 0 bridgehead atoms. The molecule has 0 fully saturated rings. The Morgan fingerprint density at radius 1 is 1.12 bits per heavy atom. The molecule has 82 valence electrons. The lowest BCUT2D eigenvalue weighted by atomic mass is 10.2. The third-order valence-electron chi connectivity index (χ3n) is 2.13. The third kappa shape index (κ3) is 3.03. The van der Waals surface area contributed by atoms with E-state index < -0.39 is 0 Å². The molecular formula is C12H12BrN3. The van der Waals surface area contributed by atoms with Crippen LogP contribution in [0.15, 0.2) is 41.4 Å². The number of rotatable bonds is 3. The molecule has 0 aliphatic rings. The monoisotopic (exact) mass is 277 g/mol. The van der Waals surface area contributed by atoms with Crippen molar-refractivity contribution in [1.82, 2.24) is 9.97 Å². The van der Waals surface area contributed by atoms with Crippen LogP contribution in [0, 0.1) is 6.92 Å². The molecule has 2 heterocycles. The Morgan fingerprint density at radius 2 is 1.94 bits per heavy atom. The van der Waals surface area contributed by atoms with Gasteiger partial charge in [0.1, 0.15) is 0 Å². The number of nitrogens with one attached hydrogen (secondary N) is 1. The zero-order valence-electron chi connectivity index (χ0n) is 8.94. The Labute approximate surface area is 103 Å². The zero-order chi connectivity index (χ0) is 11.4. The van der Waals surface area contributed by atoms with Gasteiger partial charge in [0, 0.05) is 35.8 Å². The van der Waals surface area contributed by atoms with Crippen molar-refractivity contribution in [3.05, 3.63) is 52.5 Å². The second kappa shape index (κ2) is 5.07. The Balaban J connectivity index is 2.02. The summed E-state index contributed by atoms with van der Waals surface area (Å²) < 4.78 is 0.995. The lowest BCUT2D eigenvalue weighted by Crippen LogP contribution is -2.00. The Bertz CT molecular complexity index is 440. The minimum absolute atomic E-state index is 0.748. The van der Waals surface area contributed by atoms with Crippen LogP contribution in [0.4, 0.5) is 5.69 Å². The van der Waals surface area contributed by atoms with Gasteiger partial charge in [0.15, 0.2) is 0 Å². The first kappa shape index (κ1) is 11.1. The number of aryl methyl sites for hydroxylation is 1. The van der Waals surface area contributed by atoms with Crippen LogP contribution in [-0.4, -0.2) is 9.97 Å². The van der Waals surface area contributed by atoms with Crippen LogP contribution in [0.1, 0.15) is 11.1 Å². The molecule has 0 saturated heterocycles. The normalized spacial score (nSPS) is 10.1. The molecule has 16 heavy (non-hydrogen) atoms. The Kier molecular flexibility index (Phi) is 3.51. The van der Waals surface area contributed by atoms with E-state index in [0.717, 1.165) is 27.8 Å². The summed E-state index contributed by atoms with van der Waals surface area (Å²) in [5, 5.41) is 3.31. The lowest BCUT2D eigenvalue weighted by Gasteiger charge is -2.06. The van der Waals surface area contributed by atoms with Crippen LogP contribution < -0.4 is 5.32 Å². The first-order valence-electron chi connectivity index (χ1n) is 4.99. The highest BCUT2D eigenvalue weighted by Gasteiger charge is 1.96. The maximum Gasteiger partial charge on any atom is 0.0532 e. The number of nitrogens with zero attached hydrogens (tertiary/aromatic N) is 2. The molecule has 0 atom stereocenters. The summed E-state index contributed by atoms with van der Waals surface area (Å²) in [5.74, 6) is 0. The van der Waals surface area contributed by atoms with Crippen LogP contribution in [0.5, 0.6) is 0 Å². The van der Waals surface area contributed by atoms with E-state index in [0.29, 0.717) is 0 Å². The Hall–Kier alpha value is -1.42. The number of aromatic nitrogens is 2. The fourth-order valence-corrected chi connectivity index (χ4v) is 1.82. The maximum atomic E-state index is 4.13. The average molecular weight is 278 g/mol. The minimum Gasteiger partial charge on any atom is -0.380 e. The van der Waals surface area contributed by atoms with Gasteiger partial charge in [-0.05, 0) is 46.1 Å². The Morgan fingerprint density at radius 3 is 2.69 bits per heavy atom. The summed E-state index contributed by atoms with van der Waals surface area (Å²) >= 11 is 3.40. The second-order valence-corrected chi connectivity index (χ2v) is 4.53. The van der Waals surface area contributed by atoms with Crippen molar-refractivity contribution < 1.29 is 0 Å². The van der Waals surface area contributed by atoms with Gasteiger partial charge in [0.25, 0.3) is 0 Å². The molecule has 2 aromatic rings. The van der Waals surface area contributed by atoms with Gasteiger partial charge in [-0.1, -0.05) is 0 Å². The van der Waals surface area contributed by atoms with Crippen LogP contribution >= 0.6 is 15.9 Å². The van der Waals surface area contributed by atoms with Crippen molar-refractivity contribution >= 4 is 21.6 Å². The first-order valence-corrected chi connectivity index (χ1v) is 5.78. The van der Waals surface area contributed by atoms with Crippen LogP contribution in [0.3, 0.4) is 0 Å². The maximum absolute atomic E-state index is 4.13. The quantitative estimate of drug-likeness (QED) is 0.937. The molecular weight excluding hydrogens is 266 g/mol. The summed E-state index contributed by atoms with van der Waals surface area (Å²) in [4.78, 5) is 8.24. The van der Waals surface area contributed by atoms with Gasteiger partial charge in [-0.3, -0.25) is 9.97 Å². The highest BCUT2D eigenvalue weighted by molar-refractivity contribution is 9.10. The van der Waals surface area contributed by atoms with E-state index in [1.165, 1.54) is 0 Å². The molecule has 2 rings (SSSR count). The molecule has 0 aliphatic carbocycles. The number of hydrogen-bond donors (Lipinski definition) is 1. The molecule has 0 amide bonds. The first-order chi connectivity index (χ1) is 7.74. The van der Waals surface area contributed by atoms with E-state index in [1.807, 2.05) is 31.6 Å². The number of anilines is 1. The van der Waals surface area contributed by atoms with Gasteiger partial charge in [0.05, 0.1) is 5.69 Å². The van der Waals surface area contributed by atoms with E-state index in [-0.39, 0.29) is 0 Å². The van der Waals surface area contributed by atoms with Gasteiger partial charge in [-0.15, -0.1) is 0 Å². The fraction of sp³-hybridized carbons (Fsp3) is 0.167. The largest absolute Gasteiger partial charge is 0.380 e. The van der Waals surface area contributed by atoms with E-state index in [9.17, 15) is 0 Å². The van der Waals surface area contributed by atoms with Gasteiger partial charge in [0.2, 0.25) is 0 Å². The molecule has 0 unspecified atom stereocenters. The predicted molar refractivity (Wildman–Crippen MR) is 68.2 cm³/mol. The van der Waals surface area contributed by atoms with E-state index in [1.54, 1.807) is 6.20 Å². The summed E-state index contributed by atoms with van der Waals surface area (Å²) in [5.41, 5.74) is 3.31. The predicted octanol–water partition coefficient (Wildman–Crippen LogP) is 3.16. The molecule has 2 aromatic heterocycles. The summed E-state index contributed by atoms with van der Waals surface area (Å²) in [6.45, 7) is 2.77. The molecule has 0 aromatic carbocycles. The molecule has 0 spiro atoms. The second-order valence-electron chi connectivity index (χ2n) is 3.62. The summed E-state index contributed by atoms with van der Waals surface area (Å²) in [7, 11) is 0. The van der Waals surface area contributed by atoms with Crippen molar-refractivity contribution in [2.24, 2.45) is 0 Å². The molecule has 0 radical (unpaired) electrons. The number of hydrogen-bond acceptors (Lipinski definition) is 3. The van der Waals surface area contributed by atoms with E-state index in [2.05, 4.69) is 37.3 Å². The molecule has 3 nitrogen and oxygen atoms in total. The fourth-order valence-electron chi connectivity index (χ4n) is 1.41. The zero-order valence-corrected chi connectivity index (χ0v) is 10.5. The van der Waals surface area contributed by atoms with Gasteiger partial charge in [-0.2, -0.15) is 0 Å². The van der Waals surface area contributed by atoms with Gasteiger partial charge < -0.3 is 5.32 Å². The standard InChI is InChI=1S/C12H12BrN3/c1-9-2-12(8-14-4-9)16-6-10-3-11(13)7-15-5-10/h2-5,7-8,16H,6H2,1H3. The third-order valence-corrected chi connectivity index (χ3v) is 2.57. The van der Waals surface area contributed by atoms with Crippen molar-refractivity contribution in [1.29, 1.82) is 0 Å². The van der Waals surface area contributed by atoms with Crippen LogP contribution in [0.2, 0.25) is 0 Å². The minimum atomic E-state index is 0.748. The molecule has 0 aliphatic heterocycles. The highest BCUT2D eigenvalue weighted by Crippen LogP contribution is 2.12. The van der Waals surface area contributed by atoms with Gasteiger partial charge >= 0.3 is 0 Å². The SMILES string of the molecule is Cc1cncc(NCc2cncc(Br)c2)c1. The van der Waals surface area contributed by atoms with E-state index in [4.69, 9.17) is 0 Å². The van der Waals surface area contributed by atoms with Crippen LogP contribution in [0.25, 0.3) is 0 Å². The average Bonchev–Trinajstić information content (AvgIpc) is 2.27. The smallest absolute Gasteiger partial charge is 0.0532 e. The molecule has 1 N–H and O–H groups in total. The van der Waals surface area contributed by atoms with Crippen LogP contribution in [-0.2, 0) is 6.54 Å². The highest BCUT2D eigenvalue weighted by atomic mass is 79.9. The number of halogens is 1. The number of pyridine rings is 2. The van der Waals surface area contributed by atoms with Crippen molar-refractivity contribution in [3.8, 4) is 0 Å².